The highest BCUT2D eigenvalue weighted by molar-refractivity contribution is 6.30. The number of carbonyl (C=O) groups excluding carboxylic acids is 1. The van der Waals surface area contributed by atoms with Crippen molar-refractivity contribution in [2.75, 3.05) is 0 Å². The van der Waals surface area contributed by atoms with Gasteiger partial charge in [-0.05, 0) is 36.4 Å². The summed E-state index contributed by atoms with van der Waals surface area (Å²) >= 11 is 5.86. The van der Waals surface area contributed by atoms with Crippen molar-refractivity contribution in [3.8, 4) is 11.4 Å². The predicted octanol–water partition coefficient (Wildman–Crippen LogP) is 4.07. The number of fused-ring (bicyclic) bond motifs is 1. The van der Waals surface area contributed by atoms with Crippen LogP contribution in [0, 0.1) is 0 Å². The number of nitrogens with zero attached hydrogens (tertiary/aromatic N) is 2. The van der Waals surface area contributed by atoms with E-state index < -0.39 is 0 Å². The third-order valence-corrected chi connectivity index (χ3v) is 3.87. The molecule has 6 nitrogen and oxygen atoms in total. The number of rotatable bonds is 4. The highest BCUT2D eigenvalue weighted by atomic mass is 35.5. The summed E-state index contributed by atoms with van der Waals surface area (Å²) in [7, 11) is 0. The van der Waals surface area contributed by atoms with Gasteiger partial charge in [0.1, 0.15) is 5.58 Å². The lowest BCUT2D eigenvalue weighted by Crippen LogP contribution is -2.22. The number of benzene rings is 2. The number of hydrogen-bond acceptors (Lipinski definition) is 5. The molecule has 0 bridgehead atoms. The first-order chi connectivity index (χ1) is 12.2. The van der Waals surface area contributed by atoms with E-state index in [1.807, 2.05) is 24.3 Å². The molecule has 0 fully saturated rings. The summed E-state index contributed by atoms with van der Waals surface area (Å²) in [5.41, 5.74) is 1.44. The second kappa shape index (κ2) is 6.41. The number of para-hydroxylation sites is 1. The Labute approximate surface area is 147 Å². The average molecular weight is 354 g/mol. The molecule has 0 saturated carbocycles. The standard InChI is InChI=1S/C18H12ClN3O3/c19-13-7-5-11(6-8-13)17-21-16(25-22-17)10-20-18(23)15-9-12-3-1-2-4-14(12)24-15/h1-9H,10H2,(H,20,23). The van der Waals surface area contributed by atoms with E-state index >= 15 is 0 Å². The van der Waals surface area contributed by atoms with Gasteiger partial charge in [0.05, 0.1) is 6.54 Å². The molecule has 0 atom stereocenters. The fraction of sp³-hybridized carbons (Fsp3) is 0.0556. The predicted molar refractivity (Wildman–Crippen MR) is 92.1 cm³/mol. The Balaban J connectivity index is 1.44. The van der Waals surface area contributed by atoms with Crippen LogP contribution in [-0.4, -0.2) is 16.0 Å². The molecule has 2 aromatic carbocycles. The lowest BCUT2D eigenvalue weighted by molar-refractivity contribution is 0.0920. The highest BCUT2D eigenvalue weighted by Gasteiger charge is 2.14. The van der Waals surface area contributed by atoms with E-state index in [-0.39, 0.29) is 18.2 Å². The third kappa shape index (κ3) is 3.25. The largest absolute Gasteiger partial charge is 0.451 e. The summed E-state index contributed by atoms with van der Waals surface area (Å²) in [6.07, 6.45) is 0. The Morgan fingerprint density at radius 1 is 1.12 bits per heavy atom. The minimum atomic E-state index is -0.345. The van der Waals surface area contributed by atoms with Crippen LogP contribution in [0.15, 0.2) is 63.5 Å². The summed E-state index contributed by atoms with van der Waals surface area (Å²) in [5.74, 6) is 0.625. The maximum Gasteiger partial charge on any atom is 0.287 e. The van der Waals surface area contributed by atoms with Gasteiger partial charge in [0.2, 0.25) is 11.7 Å². The first kappa shape index (κ1) is 15.4. The van der Waals surface area contributed by atoms with Gasteiger partial charge in [0.25, 0.3) is 5.91 Å². The fourth-order valence-corrected chi connectivity index (χ4v) is 2.51. The van der Waals surface area contributed by atoms with Crippen LogP contribution < -0.4 is 5.32 Å². The maximum absolute atomic E-state index is 12.2. The fourth-order valence-electron chi connectivity index (χ4n) is 2.38. The summed E-state index contributed by atoms with van der Waals surface area (Å²) in [5, 5.41) is 8.10. The van der Waals surface area contributed by atoms with Crippen LogP contribution in [0.1, 0.15) is 16.4 Å². The first-order valence-corrected chi connectivity index (χ1v) is 7.92. The molecule has 0 unspecified atom stereocenters. The van der Waals surface area contributed by atoms with E-state index in [9.17, 15) is 4.79 Å². The molecule has 1 amide bonds. The summed E-state index contributed by atoms with van der Waals surface area (Å²) in [6, 6.07) is 16.2. The molecule has 1 N–H and O–H groups in total. The zero-order valence-electron chi connectivity index (χ0n) is 12.9. The number of carbonyl (C=O) groups is 1. The highest BCUT2D eigenvalue weighted by Crippen LogP contribution is 2.20. The van der Waals surface area contributed by atoms with Crippen LogP contribution in [0.3, 0.4) is 0 Å². The van der Waals surface area contributed by atoms with Gasteiger partial charge in [-0.2, -0.15) is 4.98 Å². The van der Waals surface area contributed by atoms with Crippen molar-refractivity contribution < 1.29 is 13.7 Å². The molecule has 25 heavy (non-hydrogen) atoms. The van der Waals surface area contributed by atoms with Gasteiger partial charge in [-0.15, -0.1) is 0 Å². The molecule has 0 saturated heterocycles. The molecule has 0 aliphatic heterocycles. The Morgan fingerprint density at radius 3 is 2.72 bits per heavy atom. The van der Waals surface area contributed by atoms with Crippen LogP contribution in [-0.2, 0) is 6.54 Å². The van der Waals surface area contributed by atoms with Gasteiger partial charge >= 0.3 is 0 Å². The van der Waals surface area contributed by atoms with Gasteiger partial charge < -0.3 is 14.3 Å². The summed E-state index contributed by atoms with van der Waals surface area (Å²) in [4.78, 5) is 16.4. The van der Waals surface area contributed by atoms with E-state index in [2.05, 4.69) is 15.5 Å². The Kier molecular flexibility index (Phi) is 3.95. The first-order valence-electron chi connectivity index (χ1n) is 7.54. The van der Waals surface area contributed by atoms with Crippen LogP contribution in [0.5, 0.6) is 0 Å². The second-order valence-corrected chi connectivity index (χ2v) is 5.79. The second-order valence-electron chi connectivity index (χ2n) is 5.35. The van der Waals surface area contributed by atoms with Crippen molar-refractivity contribution in [2.45, 2.75) is 6.54 Å². The maximum atomic E-state index is 12.2. The monoisotopic (exact) mass is 353 g/mol. The zero-order valence-corrected chi connectivity index (χ0v) is 13.7. The van der Waals surface area contributed by atoms with Crippen molar-refractivity contribution in [3.05, 3.63) is 71.3 Å². The molecule has 0 spiro atoms. The van der Waals surface area contributed by atoms with E-state index in [0.29, 0.717) is 22.3 Å². The van der Waals surface area contributed by atoms with E-state index in [4.69, 9.17) is 20.5 Å². The van der Waals surface area contributed by atoms with Crippen LogP contribution in [0.25, 0.3) is 22.4 Å². The van der Waals surface area contributed by atoms with Gasteiger partial charge in [0.15, 0.2) is 5.76 Å². The summed E-state index contributed by atoms with van der Waals surface area (Å²) in [6.45, 7) is 0.108. The molecular formula is C18H12ClN3O3. The molecule has 0 aliphatic rings. The summed E-state index contributed by atoms with van der Waals surface area (Å²) < 4.78 is 10.7. The van der Waals surface area contributed by atoms with Crippen LogP contribution in [0.2, 0.25) is 5.02 Å². The normalized spacial score (nSPS) is 10.9. The van der Waals surface area contributed by atoms with Crippen LogP contribution >= 0.6 is 11.6 Å². The number of aromatic nitrogens is 2. The smallest absolute Gasteiger partial charge is 0.287 e. The SMILES string of the molecule is O=C(NCc1nc(-c2ccc(Cl)cc2)no1)c1cc2ccccc2o1. The van der Waals surface area contributed by atoms with Crippen molar-refractivity contribution in [2.24, 2.45) is 0 Å². The molecule has 2 heterocycles. The number of amides is 1. The molecule has 0 aliphatic carbocycles. The zero-order chi connectivity index (χ0) is 17.2. The number of nitrogens with one attached hydrogen (secondary N) is 1. The third-order valence-electron chi connectivity index (χ3n) is 3.62. The molecule has 4 rings (SSSR count). The van der Waals surface area contributed by atoms with E-state index in [1.165, 1.54) is 0 Å². The van der Waals surface area contributed by atoms with Gasteiger partial charge in [0, 0.05) is 16.0 Å². The van der Waals surface area contributed by atoms with Gasteiger partial charge in [-0.25, -0.2) is 0 Å². The molecular weight excluding hydrogens is 342 g/mol. The lowest BCUT2D eigenvalue weighted by atomic mass is 10.2. The number of hydrogen-bond donors (Lipinski definition) is 1. The molecule has 7 heteroatoms. The van der Waals surface area contributed by atoms with Crippen molar-refractivity contribution in [3.63, 3.8) is 0 Å². The van der Waals surface area contributed by atoms with E-state index in [1.54, 1.807) is 30.3 Å². The quantitative estimate of drug-likeness (QED) is 0.598. The van der Waals surface area contributed by atoms with E-state index in [0.717, 1.165) is 10.9 Å². The number of halogens is 1. The number of furan rings is 1. The van der Waals surface area contributed by atoms with Crippen molar-refractivity contribution in [1.82, 2.24) is 15.5 Å². The molecule has 124 valence electrons. The minimum Gasteiger partial charge on any atom is -0.451 e. The van der Waals surface area contributed by atoms with Crippen LogP contribution in [0.4, 0.5) is 0 Å². The van der Waals surface area contributed by atoms with Gasteiger partial charge in [-0.1, -0.05) is 35.0 Å². The topological polar surface area (TPSA) is 81.2 Å². The van der Waals surface area contributed by atoms with Crippen molar-refractivity contribution >= 4 is 28.5 Å². The Bertz CT molecular complexity index is 1000. The molecule has 2 aromatic heterocycles. The Morgan fingerprint density at radius 2 is 1.92 bits per heavy atom. The molecule has 4 aromatic rings. The van der Waals surface area contributed by atoms with Crippen molar-refractivity contribution in [1.29, 1.82) is 0 Å². The van der Waals surface area contributed by atoms with Gasteiger partial charge in [-0.3, -0.25) is 4.79 Å². The Hall–Kier alpha value is -3.12. The lowest BCUT2D eigenvalue weighted by Gasteiger charge is -1.98. The minimum absolute atomic E-state index is 0.108. The average Bonchev–Trinajstić information content (AvgIpc) is 3.27. The molecule has 0 radical (unpaired) electrons.